The third-order valence-electron chi connectivity index (χ3n) is 3.00. The van der Waals surface area contributed by atoms with E-state index in [1.807, 2.05) is 0 Å². The highest BCUT2D eigenvalue weighted by atomic mass is 32.2. The Bertz CT molecular complexity index is 830. The van der Waals surface area contributed by atoms with Gasteiger partial charge in [-0.1, -0.05) is 11.8 Å². The number of alkyl halides is 3. The number of hydrogen-bond donors (Lipinski definition) is 0. The molecule has 0 spiro atoms. The van der Waals surface area contributed by atoms with Gasteiger partial charge in [0.05, 0.1) is 23.6 Å². The van der Waals surface area contributed by atoms with E-state index >= 15 is 0 Å². The zero-order valence-electron chi connectivity index (χ0n) is 13.5. The number of ether oxygens (including phenoxy) is 1. The Morgan fingerprint density at radius 3 is 2.54 bits per heavy atom. The van der Waals surface area contributed by atoms with Crippen LogP contribution in [0.1, 0.15) is 18.2 Å². The summed E-state index contributed by atoms with van der Waals surface area (Å²) in [7, 11) is 0. The van der Waals surface area contributed by atoms with Gasteiger partial charge in [-0.2, -0.15) is 13.2 Å². The molecular formula is C15H12F5N3O2S. The van der Waals surface area contributed by atoms with E-state index in [9.17, 15) is 26.7 Å². The summed E-state index contributed by atoms with van der Waals surface area (Å²) < 4.78 is 70.6. The molecule has 0 amide bonds. The van der Waals surface area contributed by atoms with E-state index in [-0.39, 0.29) is 35.0 Å². The monoisotopic (exact) mass is 393 g/mol. The number of halogens is 5. The molecule has 2 aromatic rings. The zero-order valence-corrected chi connectivity index (χ0v) is 14.3. The molecule has 0 unspecified atom stereocenters. The van der Waals surface area contributed by atoms with Gasteiger partial charge in [-0.25, -0.2) is 23.7 Å². The smallest absolute Gasteiger partial charge is 0.417 e. The van der Waals surface area contributed by atoms with Gasteiger partial charge >= 0.3 is 12.1 Å². The fraction of sp³-hybridized carbons (Fsp3) is 0.333. The Kier molecular flexibility index (Phi) is 6.11. The lowest BCUT2D eigenvalue weighted by Gasteiger charge is -2.10. The molecule has 0 N–H and O–H groups in total. The highest BCUT2D eigenvalue weighted by molar-refractivity contribution is 7.99. The van der Waals surface area contributed by atoms with Gasteiger partial charge in [-0.3, -0.25) is 4.79 Å². The molecule has 0 aliphatic heterocycles. The second-order valence-corrected chi connectivity index (χ2v) is 5.86. The summed E-state index contributed by atoms with van der Waals surface area (Å²) in [5.74, 6) is -3.36. The maximum absolute atomic E-state index is 14.1. The van der Waals surface area contributed by atoms with Gasteiger partial charge in [0.2, 0.25) is 0 Å². The van der Waals surface area contributed by atoms with E-state index in [2.05, 4.69) is 15.0 Å². The SMILES string of the molecule is CCOC(=O)CSc1nc(-c2ncc(C(F)(F)F)cc2F)nc(C)c1F. The summed E-state index contributed by atoms with van der Waals surface area (Å²) in [6.07, 6.45) is -4.32. The van der Waals surface area contributed by atoms with E-state index in [1.54, 1.807) is 6.92 Å². The fourth-order valence-corrected chi connectivity index (χ4v) is 2.59. The number of pyridine rings is 1. The average Bonchev–Trinajstić information content (AvgIpc) is 2.55. The van der Waals surface area contributed by atoms with Crippen LogP contribution in [0.3, 0.4) is 0 Å². The van der Waals surface area contributed by atoms with Crippen molar-refractivity contribution in [1.82, 2.24) is 15.0 Å². The molecular weight excluding hydrogens is 381 g/mol. The number of aromatic nitrogens is 3. The molecule has 0 aliphatic rings. The third-order valence-corrected chi connectivity index (χ3v) is 3.92. The first kappa shape index (κ1) is 20.0. The normalized spacial score (nSPS) is 11.5. The van der Waals surface area contributed by atoms with Gasteiger partial charge in [0.15, 0.2) is 17.5 Å². The molecule has 2 aromatic heterocycles. The van der Waals surface area contributed by atoms with E-state index < -0.39 is 35.0 Å². The Morgan fingerprint density at radius 2 is 1.96 bits per heavy atom. The van der Waals surface area contributed by atoms with E-state index in [1.165, 1.54) is 6.92 Å². The number of thioether (sulfide) groups is 1. The van der Waals surface area contributed by atoms with Crippen molar-refractivity contribution >= 4 is 17.7 Å². The number of nitrogens with zero attached hydrogens (tertiary/aromatic N) is 3. The molecule has 0 bridgehead atoms. The Balaban J connectivity index is 2.37. The van der Waals surface area contributed by atoms with Crippen LogP contribution in [0.5, 0.6) is 0 Å². The highest BCUT2D eigenvalue weighted by Crippen LogP contribution is 2.31. The second kappa shape index (κ2) is 7.94. The lowest BCUT2D eigenvalue weighted by atomic mass is 10.2. The van der Waals surface area contributed by atoms with Gasteiger partial charge in [-0.05, 0) is 19.9 Å². The number of carbonyl (C=O) groups is 1. The predicted molar refractivity (Wildman–Crippen MR) is 82.3 cm³/mol. The summed E-state index contributed by atoms with van der Waals surface area (Å²) in [4.78, 5) is 22.3. The van der Waals surface area contributed by atoms with E-state index in [0.717, 1.165) is 0 Å². The van der Waals surface area contributed by atoms with Crippen LogP contribution in [0.2, 0.25) is 0 Å². The van der Waals surface area contributed by atoms with Crippen LogP contribution in [-0.4, -0.2) is 33.3 Å². The van der Waals surface area contributed by atoms with Gasteiger partial charge in [0.25, 0.3) is 0 Å². The molecule has 5 nitrogen and oxygen atoms in total. The van der Waals surface area contributed by atoms with Crippen LogP contribution < -0.4 is 0 Å². The molecule has 11 heteroatoms. The van der Waals surface area contributed by atoms with Crippen LogP contribution in [-0.2, 0) is 15.7 Å². The van der Waals surface area contributed by atoms with Crippen LogP contribution >= 0.6 is 11.8 Å². The number of rotatable bonds is 5. The maximum atomic E-state index is 14.1. The molecule has 0 atom stereocenters. The summed E-state index contributed by atoms with van der Waals surface area (Å²) in [6, 6.07) is 0.260. The molecule has 0 aliphatic carbocycles. The Labute approximate surface area is 149 Å². The zero-order chi connectivity index (χ0) is 19.5. The molecule has 2 rings (SSSR count). The number of hydrogen-bond acceptors (Lipinski definition) is 6. The minimum atomic E-state index is -4.76. The van der Waals surface area contributed by atoms with Crippen molar-refractivity contribution in [3.8, 4) is 11.5 Å². The van der Waals surface area contributed by atoms with Gasteiger partial charge in [-0.15, -0.1) is 0 Å². The molecule has 0 saturated carbocycles. The maximum Gasteiger partial charge on any atom is 0.417 e. The summed E-state index contributed by atoms with van der Waals surface area (Å²) in [5.41, 5.74) is -1.99. The summed E-state index contributed by atoms with van der Waals surface area (Å²) in [5, 5.41) is -0.262. The van der Waals surface area contributed by atoms with Crippen molar-refractivity contribution in [3.63, 3.8) is 0 Å². The Morgan fingerprint density at radius 1 is 1.27 bits per heavy atom. The third kappa shape index (κ3) is 4.65. The molecule has 0 radical (unpaired) electrons. The standard InChI is InChI=1S/C15H12F5N3O2S/c1-3-25-10(24)6-26-14-11(17)7(2)22-13(23-14)12-9(16)4-8(5-21-12)15(18,19)20/h4-5H,3,6H2,1-2H3. The van der Waals surface area contributed by atoms with E-state index in [4.69, 9.17) is 4.74 Å². The molecule has 2 heterocycles. The second-order valence-electron chi connectivity index (χ2n) is 4.90. The summed E-state index contributed by atoms with van der Waals surface area (Å²) in [6.45, 7) is 3.03. The van der Waals surface area contributed by atoms with Crippen molar-refractivity contribution < 1.29 is 31.5 Å². The number of esters is 1. The minimum absolute atomic E-state index is 0.149. The molecule has 0 aromatic carbocycles. The van der Waals surface area contributed by atoms with Crippen LogP contribution in [0, 0.1) is 18.6 Å². The largest absolute Gasteiger partial charge is 0.465 e. The first-order valence-corrected chi connectivity index (χ1v) is 8.17. The van der Waals surface area contributed by atoms with Gasteiger partial charge in [0, 0.05) is 6.20 Å². The Hall–Kier alpha value is -2.30. The van der Waals surface area contributed by atoms with Crippen molar-refractivity contribution in [2.75, 3.05) is 12.4 Å². The first-order chi connectivity index (χ1) is 12.1. The van der Waals surface area contributed by atoms with Crippen molar-refractivity contribution in [2.45, 2.75) is 25.0 Å². The molecule has 0 saturated heterocycles. The lowest BCUT2D eigenvalue weighted by Crippen LogP contribution is -2.09. The quantitative estimate of drug-likeness (QED) is 0.333. The molecule has 26 heavy (non-hydrogen) atoms. The van der Waals surface area contributed by atoms with Gasteiger partial charge in [0.1, 0.15) is 10.7 Å². The molecule has 0 fully saturated rings. The minimum Gasteiger partial charge on any atom is -0.465 e. The van der Waals surface area contributed by atoms with Crippen LogP contribution in [0.15, 0.2) is 17.3 Å². The number of aryl methyl sites for hydroxylation is 1. The van der Waals surface area contributed by atoms with Crippen LogP contribution in [0.25, 0.3) is 11.5 Å². The average molecular weight is 393 g/mol. The van der Waals surface area contributed by atoms with Gasteiger partial charge < -0.3 is 4.74 Å². The predicted octanol–water partition coefficient (Wildman–Crippen LogP) is 3.80. The molecule has 140 valence electrons. The highest BCUT2D eigenvalue weighted by Gasteiger charge is 2.32. The van der Waals surface area contributed by atoms with Crippen molar-refractivity contribution in [3.05, 3.63) is 35.2 Å². The topological polar surface area (TPSA) is 65.0 Å². The number of carbonyl (C=O) groups excluding carboxylic acids is 1. The van der Waals surface area contributed by atoms with Crippen molar-refractivity contribution in [1.29, 1.82) is 0 Å². The van der Waals surface area contributed by atoms with Crippen molar-refractivity contribution in [2.24, 2.45) is 0 Å². The fourth-order valence-electron chi connectivity index (χ4n) is 1.82. The van der Waals surface area contributed by atoms with Crippen LogP contribution in [0.4, 0.5) is 22.0 Å². The van der Waals surface area contributed by atoms with E-state index in [0.29, 0.717) is 18.0 Å². The first-order valence-electron chi connectivity index (χ1n) is 7.19. The lowest BCUT2D eigenvalue weighted by molar-refractivity contribution is -0.140. The summed E-state index contributed by atoms with van der Waals surface area (Å²) >= 11 is 0.700.